The van der Waals surface area contributed by atoms with E-state index < -0.39 is 5.97 Å². The smallest absolute Gasteiger partial charge is 0.339 e. The van der Waals surface area contributed by atoms with Gasteiger partial charge in [0.05, 0.1) is 17.2 Å². The number of esters is 1. The summed E-state index contributed by atoms with van der Waals surface area (Å²) in [4.78, 5) is 24.9. The first-order valence-electron chi connectivity index (χ1n) is 7.48. The lowest BCUT2D eigenvalue weighted by molar-refractivity contribution is -0.128. The lowest BCUT2D eigenvalue weighted by Gasteiger charge is -2.16. The summed E-state index contributed by atoms with van der Waals surface area (Å²) in [5.41, 5.74) is 1.30. The summed E-state index contributed by atoms with van der Waals surface area (Å²) in [5, 5.41) is 10.5. The number of ether oxygens (including phenoxy) is 1. The lowest BCUT2D eigenvalue weighted by Crippen LogP contribution is -2.24. The van der Waals surface area contributed by atoms with Gasteiger partial charge in [0.25, 0.3) is 5.56 Å². The van der Waals surface area contributed by atoms with E-state index >= 15 is 0 Å². The Bertz CT molecular complexity index is 1050. The van der Waals surface area contributed by atoms with Gasteiger partial charge in [0.2, 0.25) is 0 Å². The van der Waals surface area contributed by atoms with Crippen molar-refractivity contribution in [2.24, 2.45) is 0 Å². The van der Waals surface area contributed by atoms with Crippen molar-refractivity contribution < 1.29 is 14.6 Å². The van der Waals surface area contributed by atoms with Gasteiger partial charge in [0.15, 0.2) is 0 Å². The second-order valence-corrected chi connectivity index (χ2v) is 5.53. The highest BCUT2D eigenvalue weighted by Gasteiger charge is 2.24. The van der Waals surface area contributed by atoms with E-state index in [1.807, 2.05) is 42.5 Å². The van der Waals surface area contributed by atoms with E-state index in [0.29, 0.717) is 16.6 Å². The molecule has 4 rings (SSSR count). The van der Waals surface area contributed by atoms with Crippen LogP contribution in [0.2, 0.25) is 0 Å². The van der Waals surface area contributed by atoms with E-state index in [9.17, 15) is 14.7 Å². The van der Waals surface area contributed by atoms with Crippen molar-refractivity contribution in [3.8, 4) is 11.4 Å². The number of aromatic nitrogens is 1. The van der Waals surface area contributed by atoms with Crippen molar-refractivity contribution in [3.05, 3.63) is 82.3 Å². The van der Waals surface area contributed by atoms with Gasteiger partial charge in [-0.25, -0.2) is 4.79 Å². The number of hydrogen-bond acceptors (Lipinski definition) is 4. The quantitative estimate of drug-likeness (QED) is 0.700. The third-order valence-electron chi connectivity index (χ3n) is 3.98. The monoisotopic (exact) mass is 319 g/mol. The molecule has 1 aliphatic rings. The Balaban J connectivity index is 2.14. The van der Waals surface area contributed by atoms with Crippen LogP contribution in [0.5, 0.6) is 5.75 Å². The predicted octanol–water partition coefficient (Wildman–Crippen LogP) is 2.89. The predicted molar refractivity (Wildman–Crippen MR) is 89.6 cm³/mol. The highest BCUT2D eigenvalue weighted by molar-refractivity contribution is 5.93. The van der Waals surface area contributed by atoms with Gasteiger partial charge in [-0.1, -0.05) is 30.3 Å². The van der Waals surface area contributed by atoms with Crippen LogP contribution in [0.25, 0.3) is 16.6 Å². The highest BCUT2D eigenvalue weighted by Crippen LogP contribution is 2.31. The van der Waals surface area contributed by atoms with E-state index in [1.165, 1.54) is 0 Å². The maximum absolute atomic E-state index is 13.1. The Morgan fingerprint density at radius 1 is 0.958 bits per heavy atom. The van der Waals surface area contributed by atoms with Gasteiger partial charge < -0.3 is 9.84 Å². The van der Waals surface area contributed by atoms with Crippen molar-refractivity contribution in [1.82, 2.24) is 4.57 Å². The van der Waals surface area contributed by atoms with Crippen LogP contribution in [0.3, 0.4) is 0 Å². The number of fused-ring (bicyclic) bond motifs is 3. The molecule has 0 amide bonds. The molecule has 3 aromatic rings. The fourth-order valence-corrected chi connectivity index (χ4v) is 2.97. The van der Waals surface area contributed by atoms with Crippen molar-refractivity contribution in [3.63, 3.8) is 0 Å². The van der Waals surface area contributed by atoms with Crippen molar-refractivity contribution in [2.75, 3.05) is 0 Å². The van der Waals surface area contributed by atoms with E-state index in [1.54, 1.807) is 16.7 Å². The number of rotatable bonds is 1. The molecule has 0 atom stereocenters. The van der Waals surface area contributed by atoms with Crippen LogP contribution in [-0.2, 0) is 11.2 Å². The first kappa shape index (κ1) is 14.3. The Kier molecular flexibility index (Phi) is 3.20. The number of benzene rings is 2. The molecule has 0 unspecified atom stereocenters. The molecule has 0 aliphatic carbocycles. The summed E-state index contributed by atoms with van der Waals surface area (Å²) in [7, 11) is 0. The second-order valence-electron chi connectivity index (χ2n) is 5.53. The molecule has 0 saturated heterocycles. The van der Waals surface area contributed by atoms with E-state index in [0.717, 1.165) is 6.08 Å². The lowest BCUT2D eigenvalue weighted by atomic mass is 10.1. The molecule has 1 aromatic heterocycles. The molecule has 0 saturated carbocycles. The molecule has 0 bridgehead atoms. The number of allylic oxidation sites excluding steroid dienone is 1. The van der Waals surface area contributed by atoms with Crippen LogP contribution in [0.4, 0.5) is 0 Å². The molecular weight excluding hydrogens is 306 g/mol. The van der Waals surface area contributed by atoms with Crippen molar-refractivity contribution in [2.45, 2.75) is 6.42 Å². The number of nitrogens with zero attached hydrogens (tertiary/aromatic N) is 1. The number of pyridine rings is 1. The van der Waals surface area contributed by atoms with E-state index in [-0.39, 0.29) is 29.1 Å². The third kappa shape index (κ3) is 2.18. The summed E-state index contributed by atoms with van der Waals surface area (Å²) in [5.74, 6) is -0.660. The van der Waals surface area contributed by atoms with Crippen LogP contribution in [-0.4, -0.2) is 15.6 Å². The van der Waals surface area contributed by atoms with Crippen molar-refractivity contribution in [1.29, 1.82) is 0 Å². The van der Waals surface area contributed by atoms with Crippen LogP contribution >= 0.6 is 0 Å². The zero-order valence-corrected chi connectivity index (χ0v) is 12.6. The standard InChI is InChI=1S/C19H13NO4/c21-13-10-15-18(24-17(22)11-13)14-8-4-5-9-16(14)20(19(15)23)12-6-2-1-3-7-12/h1-9,11,21H,10H2. The number of carbonyl (C=O) groups excluding carboxylic acids is 1. The van der Waals surface area contributed by atoms with Gasteiger partial charge in [0, 0.05) is 17.5 Å². The van der Waals surface area contributed by atoms with Gasteiger partial charge in [-0.2, -0.15) is 0 Å². The molecule has 1 N–H and O–H groups in total. The Hall–Kier alpha value is -3.34. The van der Waals surface area contributed by atoms with Gasteiger partial charge in [-0.15, -0.1) is 0 Å². The zero-order chi connectivity index (χ0) is 16.7. The van der Waals surface area contributed by atoms with E-state index in [2.05, 4.69) is 0 Å². The summed E-state index contributed by atoms with van der Waals surface area (Å²) in [6.07, 6.45) is 0.957. The fourth-order valence-electron chi connectivity index (χ4n) is 2.97. The maximum atomic E-state index is 13.1. The number of hydrogen-bond donors (Lipinski definition) is 1. The summed E-state index contributed by atoms with van der Waals surface area (Å²) >= 11 is 0. The largest absolute Gasteiger partial charge is 0.512 e. The molecular formula is C19H13NO4. The third-order valence-corrected chi connectivity index (χ3v) is 3.98. The first-order chi connectivity index (χ1) is 11.6. The van der Waals surface area contributed by atoms with Crippen LogP contribution in [0.15, 0.2) is 71.2 Å². The van der Waals surface area contributed by atoms with Gasteiger partial charge in [-0.05, 0) is 24.3 Å². The Morgan fingerprint density at radius 2 is 1.67 bits per heavy atom. The SMILES string of the molecule is O=C1C=C(O)Cc2c(c3ccccc3n(-c3ccccc3)c2=O)O1. The molecule has 24 heavy (non-hydrogen) atoms. The molecule has 2 heterocycles. The fraction of sp³-hybridized carbons (Fsp3) is 0.0526. The summed E-state index contributed by atoms with van der Waals surface area (Å²) in [6, 6.07) is 16.5. The number of aliphatic hydroxyl groups excluding tert-OH is 1. The Labute approximate surface area is 137 Å². The molecule has 0 radical (unpaired) electrons. The minimum absolute atomic E-state index is 0.0441. The topological polar surface area (TPSA) is 68.5 Å². The van der Waals surface area contributed by atoms with Crippen LogP contribution in [0, 0.1) is 0 Å². The molecule has 118 valence electrons. The average Bonchev–Trinajstić information content (AvgIpc) is 2.74. The van der Waals surface area contributed by atoms with E-state index in [4.69, 9.17) is 4.74 Å². The van der Waals surface area contributed by atoms with Crippen LogP contribution in [0.1, 0.15) is 5.56 Å². The minimum atomic E-state index is -0.687. The van der Waals surface area contributed by atoms with Gasteiger partial charge in [-0.3, -0.25) is 9.36 Å². The van der Waals surface area contributed by atoms with Crippen molar-refractivity contribution >= 4 is 16.9 Å². The number of carbonyl (C=O) groups is 1. The zero-order valence-electron chi connectivity index (χ0n) is 12.6. The maximum Gasteiger partial charge on any atom is 0.339 e. The number of para-hydroxylation sites is 2. The molecule has 5 heteroatoms. The normalized spacial score (nSPS) is 13.8. The molecule has 5 nitrogen and oxygen atoms in total. The molecule has 0 spiro atoms. The summed E-state index contributed by atoms with van der Waals surface area (Å²) in [6.45, 7) is 0. The van der Waals surface area contributed by atoms with Crippen LogP contribution < -0.4 is 10.3 Å². The summed E-state index contributed by atoms with van der Waals surface area (Å²) < 4.78 is 6.89. The average molecular weight is 319 g/mol. The number of aliphatic hydroxyl groups is 1. The molecule has 2 aromatic carbocycles. The second kappa shape index (κ2) is 5.38. The minimum Gasteiger partial charge on any atom is -0.512 e. The Morgan fingerprint density at radius 3 is 2.46 bits per heavy atom. The van der Waals surface area contributed by atoms with Gasteiger partial charge >= 0.3 is 5.97 Å². The highest BCUT2D eigenvalue weighted by atomic mass is 16.5. The molecule has 1 aliphatic heterocycles. The molecule has 0 fully saturated rings. The first-order valence-corrected chi connectivity index (χ1v) is 7.48. The van der Waals surface area contributed by atoms with Gasteiger partial charge in [0.1, 0.15) is 11.5 Å².